The molecule has 0 atom stereocenters. The first kappa shape index (κ1) is 15.8. The first-order valence-electron chi connectivity index (χ1n) is 7.86. The summed E-state index contributed by atoms with van der Waals surface area (Å²) in [6, 6.07) is 7.64. The number of nitrogens with one attached hydrogen (secondary N) is 1. The van der Waals surface area contributed by atoms with Crippen LogP contribution in [0.3, 0.4) is 0 Å². The van der Waals surface area contributed by atoms with Gasteiger partial charge < -0.3 is 15.3 Å². The van der Waals surface area contributed by atoms with Crippen molar-refractivity contribution in [3.05, 3.63) is 29.8 Å². The molecule has 2 rings (SSSR count). The average molecular weight is 290 g/mol. The largest absolute Gasteiger partial charge is 0.388 e. The SMILES string of the molecule is CCCCN(C)c1ccc(C(=O)NCC2(O)CCC2)cc1. The Morgan fingerprint density at radius 3 is 2.52 bits per heavy atom. The highest BCUT2D eigenvalue weighted by atomic mass is 16.3. The quantitative estimate of drug-likeness (QED) is 0.811. The van der Waals surface area contributed by atoms with Crippen molar-refractivity contribution in [1.82, 2.24) is 5.32 Å². The van der Waals surface area contributed by atoms with Gasteiger partial charge in [0.1, 0.15) is 0 Å². The monoisotopic (exact) mass is 290 g/mol. The smallest absolute Gasteiger partial charge is 0.251 e. The summed E-state index contributed by atoms with van der Waals surface area (Å²) in [6.07, 6.45) is 4.96. The van der Waals surface area contributed by atoms with E-state index in [0.29, 0.717) is 12.1 Å². The Bertz CT molecular complexity index is 466. The summed E-state index contributed by atoms with van der Waals surface area (Å²) in [6.45, 7) is 3.55. The van der Waals surface area contributed by atoms with Gasteiger partial charge in [-0.1, -0.05) is 13.3 Å². The fraction of sp³-hybridized carbons (Fsp3) is 0.588. The Morgan fingerprint density at radius 1 is 1.33 bits per heavy atom. The third kappa shape index (κ3) is 4.21. The van der Waals surface area contributed by atoms with Crippen LogP contribution in [0.1, 0.15) is 49.4 Å². The predicted molar refractivity (Wildman–Crippen MR) is 85.8 cm³/mol. The van der Waals surface area contributed by atoms with Crippen molar-refractivity contribution in [1.29, 1.82) is 0 Å². The Balaban J connectivity index is 1.87. The second-order valence-electron chi connectivity index (χ2n) is 6.08. The minimum atomic E-state index is -0.671. The highest BCUT2D eigenvalue weighted by molar-refractivity contribution is 5.94. The van der Waals surface area contributed by atoms with E-state index in [4.69, 9.17) is 0 Å². The van der Waals surface area contributed by atoms with Gasteiger partial charge in [-0.05, 0) is 49.9 Å². The van der Waals surface area contributed by atoms with Crippen LogP contribution in [0.25, 0.3) is 0 Å². The van der Waals surface area contributed by atoms with Crippen LogP contribution >= 0.6 is 0 Å². The third-order valence-corrected chi connectivity index (χ3v) is 4.28. The number of hydrogen-bond donors (Lipinski definition) is 2. The molecular formula is C17H26N2O2. The molecular weight excluding hydrogens is 264 g/mol. The summed E-state index contributed by atoms with van der Waals surface area (Å²) in [7, 11) is 2.07. The van der Waals surface area contributed by atoms with Crippen LogP contribution in [-0.4, -0.2) is 36.8 Å². The zero-order valence-electron chi connectivity index (χ0n) is 13.1. The fourth-order valence-electron chi connectivity index (χ4n) is 2.50. The van der Waals surface area contributed by atoms with E-state index in [9.17, 15) is 9.90 Å². The molecule has 0 radical (unpaired) electrons. The lowest BCUT2D eigenvalue weighted by Crippen LogP contribution is -2.47. The number of anilines is 1. The van der Waals surface area contributed by atoms with Gasteiger partial charge in [0, 0.05) is 31.4 Å². The first-order valence-corrected chi connectivity index (χ1v) is 7.86. The number of benzene rings is 1. The number of amides is 1. The van der Waals surface area contributed by atoms with Crippen molar-refractivity contribution in [2.45, 2.75) is 44.6 Å². The van der Waals surface area contributed by atoms with Crippen molar-refractivity contribution in [3.63, 3.8) is 0 Å². The molecule has 0 bridgehead atoms. The van der Waals surface area contributed by atoms with Crippen LogP contribution in [-0.2, 0) is 0 Å². The normalized spacial score (nSPS) is 16.1. The highest BCUT2D eigenvalue weighted by Gasteiger charge is 2.34. The molecule has 1 aromatic rings. The molecule has 0 aromatic heterocycles. The number of carbonyl (C=O) groups is 1. The molecule has 116 valence electrons. The summed E-state index contributed by atoms with van der Waals surface area (Å²) in [4.78, 5) is 14.2. The number of unbranched alkanes of at least 4 members (excludes halogenated alkanes) is 1. The van der Waals surface area contributed by atoms with Gasteiger partial charge in [0.2, 0.25) is 0 Å². The number of rotatable bonds is 7. The van der Waals surface area contributed by atoms with E-state index in [1.165, 1.54) is 6.42 Å². The van der Waals surface area contributed by atoms with Crippen molar-refractivity contribution in [2.24, 2.45) is 0 Å². The van der Waals surface area contributed by atoms with Crippen LogP contribution in [0.5, 0.6) is 0 Å². The molecule has 0 aliphatic heterocycles. The second kappa shape index (κ2) is 6.94. The van der Waals surface area contributed by atoms with Gasteiger partial charge in [-0.3, -0.25) is 4.79 Å². The van der Waals surface area contributed by atoms with Gasteiger partial charge in [0.25, 0.3) is 5.91 Å². The van der Waals surface area contributed by atoms with Crippen molar-refractivity contribution >= 4 is 11.6 Å². The molecule has 1 aromatic carbocycles. The van der Waals surface area contributed by atoms with Crippen LogP contribution in [0.15, 0.2) is 24.3 Å². The first-order chi connectivity index (χ1) is 10.0. The van der Waals surface area contributed by atoms with E-state index in [1.54, 1.807) is 0 Å². The number of aliphatic hydroxyl groups is 1. The third-order valence-electron chi connectivity index (χ3n) is 4.28. The fourth-order valence-corrected chi connectivity index (χ4v) is 2.50. The highest BCUT2D eigenvalue weighted by Crippen LogP contribution is 2.30. The molecule has 4 heteroatoms. The lowest BCUT2D eigenvalue weighted by atomic mass is 9.80. The molecule has 2 N–H and O–H groups in total. The summed E-state index contributed by atoms with van der Waals surface area (Å²) in [5, 5.41) is 12.8. The average Bonchev–Trinajstić information content (AvgIpc) is 2.48. The predicted octanol–water partition coefficient (Wildman–Crippen LogP) is 2.57. The molecule has 1 aliphatic rings. The zero-order valence-corrected chi connectivity index (χ0v) is 13.1. The molecule has 1 saturated carbocycles. The van der Waals surface area contributed by atoms with Gasteiger partial charge >= 0.3 is 0 Å². The number of hydrogen-bond acceptors (Lipinski definition) is 3. The Labute approximate surface area is 127 Å². The van der Waals surface area contributed by atoms with E-state index in [2.05, 4.69) is 24.2 Å². The molecule has 0 heterocycles. The van der Waals surface area contributed by atoms with Crippen LogP contribution in [0, 0.1) is 0 Å². The Kier molecular flexibility index (Phi) is 5.23. The minimum Gasteiger partial charge on any atom is -0.388 e. The van der Waals surface area contributed by atoms with Gasteiger partial charge in [0.15, 0.2) is 0 Å². The molecule has 0 unspecified atom stereocenters. The summed E-state index contributed by atoms with van der Waals surface area (Å²) in [5.41, 5.74) is 1.10. The molecule has 1 amide bonds. The van der Waals surface area contributed by atoms with Crippen molar-refractivity contribution in [3.8, 4) is 0 Å². The van der Waals surface area contributed by atoms with E-state index in [1.807, 2.05) is 24.3 Å². The van der Waals surface area contributed by atoms with Gasteiger partial charge in [-0.2, -0.15) is 0 Å². The van der Waals surface area contributed by atoms with Gasteiger partial charge in [-0.25, -0.2) is 0 Å². The number of carbonyl (C=O) groups excluding carboxylic acids is 1. The topological polar surface area (TPSA) is 52.6 Å². The van der Waals surface area contributed by atoms with Crippen LogP contribution < -0.4 is 10.2 Å². The molecule has 1 fully saturated rings. The maximum atomic E-state index is 12.0. The van der Waals surface area contributed by atoms with Crippen LogP contribution in [0.2, 0.25) is 0 Å². The molecule has 4 nitrogen and oxygen atoms in total. The minimum absolute atomic E-state index is 0.113. The molecule has 21 heavy (non-hydrogen) atoms. The maximum Gasteiger partial charge on any atom is 0.251 e. The Morgan fingerprint density at radius 2 is 2.00 bits per heavy atom. The maximum absolute atomic E-state index is 12.0. The summed E-state index contributed by atoms with van der Waals surface area (Å²) < 4.78 is 0. The lowest BCUT2D eigenvalue weighted by molar-refractivity contribution is -0.0300. The zero-order chi connectivity index (χ0) is 15.3. The van der Waals surface area contributed by atoms with Crippen molar-refractivity contribution < 1.29 is 9.90 Å². The second-order valence-corrected chi connectivity index (χ2v) is 6.08. The van der Waals surface area contributed by atoms with Crippen LogP contribution in [0.4, 0.5) is 5.69 Å². The lowest BCUT2D eigenvalue weighted by Gasteiger charge is -2.36. The van der Waals surface area contributed by atoms with Gasteiger partial charge in [-0.15, -0.1) is 0 Å². The van der Waals surface area contributed by atoms with Gasteiger partial charge in [0.05, 0.1) is 5.60 Å². The standard InChI is InChI=1S/C17H26N2O2/c1-3-4-12-19(2)15-8-6-14(7-9-15)16(20)18-13-17(21)10-5-11-17/h6-9,21H,3-5,10-13H2,1-2H3,(H,18,20). The van der Waals surface area contributed by atoms with E-state index >= 15 is 0 Å². The summed E-state index contributed by atoms with van der Waals surface area (Å²) >= 11 is 0. The molecule has 0 saturated heterocycles. The Hall–Kier alpha value is -1.55. The van der Waals surface area contributed by atoms with E-state index < -0.39 is 5.60 Å². The van der Waals surface area contributed by atoms with Crippen molar-refractivity contribution in [2.75, 3.05) is 25.0 Å². The summed E-state index contributed by atoms with van der Waals surface area (Å²) in [5.74, 6) is -0.113. The number of nitrogens with zero attached hydrogens (tertiary/aromatic N) is 1. The van der Waals surface area contributed by atoms with E-state index in [0.717, 1.165) is 37.9 Å². The van der Waals surface area contributed by atoms with E-state index in [-0.39, 0.29) is 5.91 Å². The molecule has 1 aliphatic carbocycles. The molecule has 0 spiro atoms.